The van der Waals surface area contributed by atoms with Crippen molar-refractivity contribution < 1.29 is 4.79 Å². The number of hydrogen-bond acceptors (Lipinski definition) is 4. The summed E-state index contributed by atoms with van der Waals surface area (Å²) < 4.78 is 0.863. The van der Waals surface area contributed by atoms with Gasteiger partial charge in [-0.2, -0.15) is 0 Å². The first-order chi connectivity index (χ1) is 11.1. The lowest BCUT2D eigenvalue weighted by Crippen LogP contribution is -2.29. The summed E-state index contributed by atoms with van der Waals surface area (Å²) in [4.78, 5) is 19.2. The third kappa shape index (κ3) is 4.65. The average molecular weight is 462 g/mol. The van der Waals surface area contributed by atoms with E-state index in [4.69, 9.17) is 11.6 Å². The maximum atomic E-state index is 12.3. The molecule has 0 unspecified atom stereocenters. The van der Waals surface area contributed by atoms with Gasteiger partial charge in [0.25, 0.3) is 5.91 Å². The maximum absolute atomic E-state index is 12.3. The van der Waals surface area contributed by atoms with Crippen LogP contribution < -0.4 is 5.32 Å². The third-order valence-corrected chi connectivity index (χ3v) is 6.14. The van der Waals surface area contributed by atoms with Crippen molar-refractivity contribution in [2.75, 3.05) is 18.4 Å². The first kappa shape index (κ1) is 17.1. The normalized spacial score (nSPS) is 15.6. The Hall–Kier alpha value is -0.700. The molecule has 3 rings (SSSR count). The number of likely N-dealkylation sites (tertiary alicyclic amines) is 1. The van der Waals surface area contributed by atoms with Crippen LogP contribution in [0.15, 0.2) is 23.6 Å². The zero-order chi connectivity index (χ0) is 16.2. The summed E-state index contributed by atoms with van der Waals surface area (Å²) in [5.74, 6) is -0.154. The molecule has 1 aromatic carbocycles. The van der Waals surface area contributed by atoms with Crippen molar-refractivity contribution in [2.45, 2.75) is 25.8 Å². The van der Waals surface area contributed by atoms with Crippen molar-refractivity contribution >= 4 is 56.6 Å². The highest BCUT2D eigenvalue weighted by Crippen LogP contribution is 2.22. The van der Waals surface area contributed by atoms with E-state index in [0.717, 1.165) is 28.9 Å². The van der Waals surface area contributed by atoms with Gasteiger partial charge in [0.15, 0.2) is 5.13 Å². The summed E-state index contributed by atoms with van der Waals surface area (Å²) in [5, 5.41) is 6.19. The van der Waals surface area contributed by atoms with Gasteiger partial charge >= 0.3 is 0 Å². The number of nitrogens with zero attached hydrogens (tertiary/aromatic N) is 2. The number of aromatic nitrogens is 1. The van der Waals surface area contributed by atoms with Gasteiger partial charge in [0, 0.05) is 21.1 Å². The lowest BCUT2D eigenvalue weighted by molar-refractivity contribution is 0.102. The quantitative estimate of drug-likeness (QED) is 0.675. The van der Waals surface area contributed by atoms with Crippen LogP contribution in [0.1, 0.15) is 35.3 Å². The smallest absolute Gasteiger partial charge is 0.257 e. The van der Waals surface area contributed by atoms with Gasteiger partial charge in [-0.3, -0.25) is 15.0 Å². The zero-order valence-corrected chi connectivity index (χ0v) is 16.2. The predicted octanol–water partition coefficient (Wildman–Crippen LogP) is 4.64. The van der Waals surface area contributed by atoms with Gasteiger partial charge in [0.05, 0.1) is 10.7 Å². The number of anilines is 1. The molecule has 2 aromatic rings. The number of hydrogen-bond donors (Lipinski definition) is 1. The van der Waals surface area contributed by atoms with Crippen LogP contribution in [-0.2, 0) is 6.54 Å². The van der Waals surface area contributed by atoms with Crippen LogP contribution in [0.2, 0.25) is 5.02 Å². The molecule has 1 N–H and O–H groups in total. The number of piperidine rings is 1. The topological polar surface area (TPSA) is 45.2 Å². The van der Waals surface area contributed by atoms with Crippen molar-refractivity contribution in [3.05, 3.63) is 43.4 Å². The molecule has 4 nitrogen and oxygen atoms in total. The molecule has 2 heterocycles. The highest BCUT2D eigenvalue weighted by Gasteiger charge is 2.14. The number of halogens is 2. The molecule has 1 aromatic heterocycles. The number of benzene rings is 1. The molecular weight excluding hydrogens is 445 g/mol. The summed E-state index contributed by atoms with van der Waals surface area (Å²) in [6.07, 6.45) is 3.86. The van der Waals surface area contributed by atoms with Crippen LogP contribution >= 0.6 is 45.5 Å². The number of thiazole rings is 1. The fourth-order valence-electron chi connectivity index (χ4n) is 2.59. The van der Waals surface area contributed by atoms with Crippen molar-refractivity contribution in [2.24, 2.45) is 0 Å². The molecule has 0 spiro atoms. The van der Waals surface area contributed by atoms with E-state index in [1.54, 1.807) is 18.2 Å². The minimum atomic E-state index is -0.154. The second-order valence-electron chi connectivity index (χ2n) is 5.56. The fraction of sp³-hybridized carbons (Fsp3) is 0.375. The average Bonchev–Trinajstić information content (AvgIpc) is 2.98. The van der Waals surface area contributed by atoms with Crippen LogP contribution in [0.5, 0.6) is 0 Å². The number of carbonyl (C=O) groups excluding carboxylic acids is 1. The highest BCUT2D eigenvalue weighted by molar-refractivity contribution is 14.1. The van der Waals surface area contributed by atoms with Crippen LogP contribution in [0.25, 0.3) is 0 Å². The summed E-state index contributed by atoms with van der Waals surface area (Å²) in [6.45, 7) is 3.15. The molecule has 0 atom stereocenters. The Morgan fingerprint density at radius 2 is 2.13 bits per heavy atom. The SMILES string of the molecule is O=C(Nc1nc(CN2CCCCC2)cs1)c1ccc(Cl)c(I)c1. The minimum Gasteiger partial charge on any atom is -0.298 e. The molecule has 1 saturated heterocycles. The van der Waals surface area contributed by atoms with E-state index >= 15 is 0 Å². The first-order valence-corrected chi connectivity index (χ1v) is 9.88. The number of nitrogens with one attached hydrogen (secondary N) is 1. The monoisotopic (exact) mass is 461 g/mol. The second kappa shape index (κ2) is 7.92. The lowest BCUT2D eigenvalue weighted by Gasteiger charge is -2.25. The zero-order valence-electron chi connectivity index (χ0n) is 12.5. The Morgan fingerprint density at radius 1 is 1.35 bits per heavy atom. The number of rotatable bonds is 4. The van der Waals surface area contributed by atoms with E-state index in [1.165, 1.54) is 30.6 Å². The summed E-state index contributed by atoms with van der Waals surface area (Å²) >= 11 is 9.58. The summed E-state index contributed by atoms with van der Waals surface area (Å²) in [7, 11) is 0. The van der Waals surface area contributed by atoms with Crippen LogP contribution in [0.3, 0.4) is 0 Å². The molecule has 0 radical (unpaired) electrons. The second-order valence-corrected chi connectivity index (χ2v) is 7.99. The number of carbonyl (C=O) groups is 1. The Labute approximate surface area is 158 Å². The van der Waals surface area contributed by atoms with E-state index in [9.17, 15) is 4.79 Å². The van der Waals surface area contributed by atoms with Gasteiger partial charge in [-0.25, -0.2) is 4.98 Å². The Kier molecular flexibility index (Phi) is 5.90. The molecule has 1 fully saturated rings. The molecule has 1 aliphatic rings. The minimum absolute atomic E-state index is 0.154. The molecule has 0 bridgehead atoms. The molecule has 0 saturated carbocycles. The van der Waals surface area contributed by atoms with Gasteiger partial charge in [-0.15, -0.1) is 11.3 Å². The highest BCUT2D eigenvalue weighted by atomic mass is 127. The van der Waals surface area contributed by atoms with E-state index in [-0.39, 0.29) is 5.91 Å². The number of amides is 1. The predicted molar refractivity (Wildman–Crippen MR) is 103 cm³/mol. The standard InChI is InChI=1S/C16H17ClIN3OS/c17-13-5-4-11(8-14(13)18)15(22)20-16-19-12(10-23-16)9-21-6-2-1-3-7-21/h4-5,8,10H,1-3,6-7,9H2,(H,19,20,22). The van der Waals surface area contributed by atoms with Gasteiger partial charge in [-0.1, -0.05) is 18.0 Å². The Balaban J connectivity index is 1.61. The van der Waals surface area contributed by atoms with Gasteiger partial charge in [0.2, 0.25) is 0 Å². The van der Waals surface area contributed by atoms with E-state index in [1.807, 2.05) is 5.38 Å². The van der Waals surface area contributed by atoms with Crippen molar-refractivity contribution in [1.29, 1.82) is 0 Å². The molecule has 1 aliphatic heterocycles. The van der Waals surface area contributed by atoms with E-state index in [0.29, 0.717) is 15.7 Å². The summed E-state index contributed by atoms with van der Waals surface area (Å²) in [6, 6.07) is 5.24. The van der Waals surface area contributed by atoms with Crippen molar-refractivity contribution in [1.82, 2.24) is 9.88 Å². The molecule has 23 heavy (non-hydrogen) atoms. The molecule has 122 valence electrons. The van der Waals surface area contributed by atoms with E-state index in [2.05, 4.69) is 37.8 Å². The van der Waals surface area contributed by atoms with Crippen LogP contribution in [0.4, 0.5) is 5.13 Å². The third-order valence-electron chi connectivity index (χ3n) is 3.79. The van der Waals surface area contributed by atoms with Crippen LogP contribution in [0, 0.1) is 3.57 Å². The Morgan fingerprint density at radius 3 is 2.87 bits per heavy atom. The molecular formula is C16H17ClIN3OS. The summed E-state index contributed by atoms with van der Waals surface area (Å²) in [5.41, 5.74) is 1.62. The molecule has 7 heteroatoms. The maximum Gasteiger partial charge on any atom is 0.257 e. The van der Waals surface area contributed by atoms with Gasteiger partial charge in [0.1, 0.15) is 0 Å². The molecule has 0 aliphatic carbocycles. The van der Waals surface area contributed by atoms with Gasteiger partial charge < -0.3 is 0 Å². The van der Waals surface area contributed by atoms with Gasteiger partial charge in [-0.05, 0) is 66.7 Å². The fourth-order valence-corrected chi connectivity index (χ4v) is 3.92. The molecule has 1 amide bonds. The van der Waals surface area contributed by atoms with Crippen molar-refractivity contribution in [3.63, 3.8) is 0 Å². The lowest BCUT2D eigenvalue weighted by atomic mass is 10.1. The largest absolute Gasteiger partial charge is 0.298 e. The first-order valence-electron chi connectivity index (χ1n) is 7.55. The van der Waals surface area contributed by atoms with Crippen LogP contribution in [-0.4, -0.2) is 28.9 Å². The van der Waals surface area contributed by atoms with E-state index < -0.39 is 0 Å². The van der Waals surface area contributed by atoms with Crippen molar-refractivity contribution in [3.8, 4) is 0 Å². The Bertz CT molecular complexity index is 700.